The van der Waals surface area contributed by atoms with Gasteiger partial charge in [0, 0.05) is 23.6 Å². The van der Waals surface area contributed by atoms with Crippen LogP contribution in [-0.2, 0) is 6.54 Å². The van der Waals surface area contributed by atoms with Gasteiger partial charge >= 0.3 is 0 Å². The number of H-pyrrole nitrogens is 1. The molecular formula is C12H16N2O. The maximum Gasteiger partial charge on any atom is 0.128 e. The van der Waals surface area contributed by atoms with Gasteiger partial charge in [-0.3, -0.25) is 0 Å². The van der Waals surface area contributed by atoms with E-state index in [0.29, 0.717) is 0 Å². The summed E-state index contributed by atoms with van der Waals surface area (Å²) >= 11 is 0. The Morgan fingerprint density at radius 1 is 1.33 bits per heavy atom. The maximum absolute atomic E-state index is 5.37. The lowest BCUT2D eigenvalue weighted by Gasteiger charge is -2.09. The number of hydrogen-bond donors (Lipinski definition) is 1. The fourth-order valence-electron chi connectivity index (χ4n) is 1.86. The van der Waals surface area contributed by atoms with Crippen molar-refractivity contribution in [1.82, 2.24) is 9.88 Å². The number of benzene rings is 1. The lowest BCUT2D eigenvalue weighted by molar-refractivity contribution is 0.401. The molecule has 1 aromatic carbocycles. The monoisotopic (exact) mass is 204 g/mol. The number of nitrogens with one attached hydrogen (secondary N) is 1. The highest BCUT2D eigenvalue weighted by Gasteiger charge is 2.08. The van der Waals surface area contributed by atoms with E-state index in [1.54, 1.807) is 7.11 Å². The Kier molecular flexibility index (Phi) is 2.64. The molecule has 0 atom stereocenters. The van der Waals surface area contributed by atoms with Crippen molar-refractivity contribution in [3.8, 4) is 5.75 Å². The van der Waals surface area contributed by atoms with Gasteiger partial charge in [-0.2, -0.15) is 0 Å². The van der Waals surface area contributed by atoms with Crippen LogP contribution < -0.4 is 4.74 Å². The van der Waals surface area contributed by atoms with Gasteiger partial charge < -0.3 is 14.6 Å². The standard InChI is InChI=1S/C12H16N2O/c1-14(2)8-9-7-13-10-5-4-6-11(15-3)12(9)10/h4-7,13H,8H2,1-3H3. The number of aromatic nitrogens is 1. The van der Waals surface area contributed by atoms with Gasteiger partial charge in [0.15, 0.2) is 0 Å². The van der Waals surface area contributed by atoms with Crippen LogP contribution in [0.4, 0.5) is 0 Å². The first-order chi connectivity index (χ1) is 7.22. The number of rotatable bonds is 3. The van der Waals surface area contributed by atoms with Crippen LogP contribution in [0.1, 0.15) is 5.56 Å². The molecular weight excluding hydrogens is 188 g/mol. The molecule has 1 heterocycles. The first-order valence-corrected chi connectivity index (χ1v) is 5.00. The number of ether oxygens (including phenoxy) is 1. The molecule has 0 aliphatic heterocycles. The molecule has 0 aliphatic carbocycles. The van der Waals surface area contributed by atoms with Crippen LogP contribution in [0.15, 0.2) is 24.4 Å². The summed E-state index contributed by atoms with van der Waals surface area (Å²) in [6.45, 7) is 0.917. The minimum absolute atomic E-state index is 0.917. The topological polar surface area (TPSA) is 28.3 Å². The third-order valence-electron chi connectivity index (χ3n) is 2.46. The molecule has 0 radical (unpaired) electrons. The van der Waals surface area contributed by atoms with Crippen LogP contribution in [0.2, 0.25) is 0 Å². The third kappa shape index (κ3) is 1.83. The normalized spacial score (nSPS) is 11.2. The van der Waals surface area contributed by atoms with E-state index in [2.05, 4.69) is 30.0 Å². The smallest absolute Gasteiger partial charge is 0.128 e. The van der Waals surface area contributed by atoms with Crippen molar-refractivity contribution >= 4 is 10.9 Å². The molecule has 0 amide bonds. The van der Waals surface area contributed by atoms with Crippen molar-refractivity contribution in [2.45, 2.75) is 6.54 Å². The summed E-state index contributed by atoms with van der Waals surface area (Å²) in [6, 6.07) is 6.06. The van der Waals surface area contributed by atoms with E-state index < -0.39 is 0 Å². The highest BCUT2D eigenvalue weighted by atomic mass is 16.5. The molecule has 80 valence electrons. The van der Waals surface area contributed by atoms with E-state index in [9.17, 15) is 0 Å². The van der Waals surface area contributed by atoms with Crippen molar-refractivity contribution in [1.29, 1.82) is 0 Å². The van der Waals surface area contributed by atoms with E-state index in [-0.39, 0.29) is 0 Å². The molecule has 3 nitrogen and oxygen atoms in total. The van der Waals surface area contributed by atoms with Crippen LogP contribution in [0, 0.1) is 0 Å². The highest BCUT2D eigenvalue weighted by Crippen LogP contribution is 2.28. The predicted octanol–water partition coefficient (Wildman–Crippen LogP) is 2.24. The first-order valence-electron chi connectivity index (χ1n) is 5.00. The lowest BCUT2D eigenvalue weighted by Crippen LogP contribution is -2.10. The summed E-state index contributed by atoms with van der Waals surface area (Å²) in [4.78, 5) is 5.41. The van der Waals surface area contributed by atoms with E-state index in [0.717, 1.165) is 17.8 Å². The Morgan fingerprint density at radius 2 is 2.13 bits per heavy atom. The van der Waals surface area contributed by atoms with Gasteiger partial charge in [-0.1, -0.05) is 6.07 Å². The molecule has 0 bridgehead atoms. The van der Waals surface area contributed by atoms with Gasteiger partial charge in [-0.15, -0.1) is 0 Å². The maximum atomic E-state index is 5.37. The molecule has 2 aromatic rings. The Balaban J connectivity index is 2.55. The second kappa shape index (κ2) is 3.95. The Labute approximate surface area is 89.7 Å². The summed E-state index contributed by atoms with van der Waals surface area (Å²) in [5, 5.41) is 1.19. The fraction of sp³-hybridized carbons (Fsp3) is 0.333. The van der Waals surface area contributed by atoms with Gasteiger partial charge in [-0.25, -0.2) is 0 Å². The zero-order valence-corrected chi connectivity index (χ0v) is 9.37. The van der Waals surface area contributed by atoms with Crippen LogP contribution in [0.5, 0.6) is 5.75 Å². The SMILES string of the molecule is COc1cccc2[nH]cc(CN(C)C)c12. The number of hydrogen-bond acceptors (Lipinski definition) is 2. The number of nitrogens with zero attached hydrogens (tertiary/aromatic N) is 1. The van der Waals surface area contributed by atoms with Crippen LogP contribution in [0.25, 0.3) is 10.9 Å². The lowest BCUT2D eigenvalue weighted by atomic mass is 10.1. The Hall–Kier alpha value is -1.48. The predicted molar refractivity (Wildman–Crippen MR) is 62.2 cm³/mol. The minimum Gasteiger partial charge on any atom is -0.496 e. The molecule has 1 aromatic heterocycles. The number of aromatic amines is 1. The average Bonchev–Trinajstić information content (AvgIpc) is 2.61. The van der Waals surface area contributed by atoms with Crippen molar-refractivity contribution in [2.75, 3.05) is 21.2 Å². The molecule has 0 unspecified atom stereocenters. The second-order valence-corrected chi connectivity index (χ2v) is 3.93. The van der Waals surface area contributed by atoms with Gasteiger partial charge in [0.25, 0.3) is 0 Å². The average molecular weight is 204 g/mol. The van der Waals surface area contributed by atoms with Crippen molar-refractivity contribution < 1.29 is 4.74 Å². The third-order valence-corrected chi connectivity index (χ3v) is 2.46. The summed E-state index contributed by atoms with van der Waals surface area (Å²) in [6.07, 6.45) is 2.05. The minimum atomic E-state index is 0.917. The molecule has 0 spiro atoms. The molecule has 0 saturated carbocycles. The Bertz CT molecular complexity index is 460. The summed E-state index contributed by atoms with van der Waals surface area (Å²) in [5.41, 5.74) is 2.40. The van der Waals surface area contributed by atoms with Crippen molar-refractivity contribution in [3.05, 3.63) is 30.0 Å². The molecule has 15 heavy (non-hydrogen) atoms. The van der Waals surface area contributed by atoms with Crippen molar-refractivity contribution in [2.24, 2.45) is 0 Å². The van der Waals surface area contributed by atoms with E-state index in [4.69, 9.17) is 4.74 Å². The zero-order valence-electron chi connectivity index (χ0n) is 9.37. The number of methoxy groups -OCH3 is 1. The van der Waals surface area contributed by atoms with Gasteiger partial charge in [0.1, 0.15) is 5.75 Å². The highest BCUT2D eigenvalue weighted by molar-refractivity contribution is 5.89. The van der Waals surface area contributed by atoms with Gasteiger partial charge in [0.2, 0.25) is 0 Å². The van der Waals surface area contributed by atoms with E-state index >= 15 is 0 Å². The van der Waals surface area contributed by atoms with E-state index in [1.807, 2.05) is 18.3 Å². The summed E-state index contributed by atoms with van der Waals surface area (Å²) in [5.74, 6) is 0.936. The molecule has 2 rings (SSSR count). The molecule has 0 fully saturated rings. The largest absolute Gasteiger partial charge is 0.496 e. The summed E-state index contributed by atoms with van der Waals surface area (Å²) in [7, 11) is 5.84. The van der Waals surface area contributed by atoms with Crippen LogP contribution >= 0.6 is 0 Å². The first kappa shape index (κ1) is 10.1. The van der Waals surface area contributed by atoms with Gasteiger partial charge in [0.05, 0.1) is 7.11 Å². The quantitative estimate of drug-likeness (QED) is 0.830. The zero-order chi connectivity index (χ0) is 10.8. The van der Waals surface area contributed by atoms with Crippen molar-refractivity contribution in [3.63, 3.8) is 0 Å². The Morgan fingerprint density at radius 3 is 2.80 bits per heavy atom. The van der Waals surface area contributed by atoms with Crippen LogP contribution in [0.3, 0.4) is 0 Å². The summed E-state index contributed by atoms with van der Waals surface area (Å²) < 4.78 is 5.37. The molecule has 3 heteroatoms. The molecule has 1 N–H and O–H groups in total. The number of fused-ring (bicyclic) bond motifs is 1. The van der Waals surface area contributed by atoms with Gasteiger partial charge in [-0.05, 0) is 31.8 Å². The fourth-order valence-corrected chi connectivity index (χ4v) is 1.86. The second-order valence-electron chi connectivity index (χ2n) is 3.93. The molecule has 0 aliphatic rings. The van der Waals surface area contributed by atoms with Crippen LogP contribution in [-0.4, -0.2) is 31.1 Å². The van der Waals surface area contributed by atoms with E-state index in [1.165, 1.54) is 10.9 Å². The molecule has 0 saturated heterocycles.